The van der Waals surface area contributed by atoms with Crippen molar-refractivity contribution in [1.82, 2.24) is 9.97 Å². The molecule has 1 aromatic heterocycles. The number of halogens is 1. The van der Waals surface area contributed by atoms with E-state index in [0.717, 1.165) is 26.2 Å². The molecule has 1 aromatic carbocycles. The largest absolute Gasteiger partial charge is 0.368 e. The molecule has 2 aromatic rings. The van der Waals surface area contributed by atoms with Crippen molar-refractivity contribution in [1.29, 1.82) is 0 Å². The van der Waals surface area contributed by atoms with Gasteiger partial charge in [-0.3, -0.25) is 0 Å². The highest BCUT2D eigenvalue weighted by Crippen LogP contribution is 2.21. The van der Waals surface area contributed by atoms with Crippen LogP contribution in [0.15, 0.2) is 36.8 Å². The van der Waals surface area contributed by atoms with Crippen molar-refractivity contribution in [2.75, 3.05) is 36.0 Å². The van der Waals surface area contributed by atoms with Gasteiger partial charge in [0.2, 0.25) is 0 Å². The van der Waals surface area contributed by atoms with Gasteiger partial charge in [0.25, 0.3) is 0 Å². The monoisotopic (exact) mass is 272 g/mol. The highest BCUT2D eigenvalue weighted by molar-refractivity contribution is 5.50. The van der Waals surface area contributed by atoms with Gasteiger partial charge in [0.1, 0.15) is 6.33 Å². The molecule has 0 aliphatic carbocycles. The number of rotatable bonds is 2. The zero-order chi connectivity index (χ0) is 13.9. The highest BCUT2D eigenvalue weighted by atomic mass is 19.1. The lowest BCUT2D eigenvalue weighted by Gasteiger charge is -2.36. The van der Waals surface area contributed by atoms with E-state index < -0.39 is 0 Å². The summed E-state index contributed by atoms with van der Waals surface area (Å²) in [6, 6.07) is 8.46. The van der Waals surface area contributed by atoms with E-state index in [9.17, 15) is 4.39 Å². The quantitative estimate of drug-likeness (QED) is 0.839. The van der Waals surface area contributed by atoms with E-state index in [4.69, 9.17) is 0 Å². The van der Waals surface area contributed by atoms with Gasteiger partial charge in [0.15, 0.2) is 11.6 Å². The van der Waals surface area contributed by atoms with Gasteiger partial charge in [-0.2, -0.15) is 0 Å². The maximum atomic E-state index is 13.7. The Kier molecular flexibility index (Phi) is 3.50. The fourth-order valence-electron chi connectivity index (χ4n) is 2.54. The number of hydrogen-bond acceptors (Lipinski definition) is 4. The SMILES string of the molecule is Cc1cccc(N2CCN(c3ncncc3F)CC2)c1. The number of aryl methyl sites for hydroxylation is 1. The van der Waals surface area contributed by atoms with E-state index in [2.05, 4.69) is 46.1 Å². The summed E-state index contributed by atoms with van der Waals surface area (Å²) in [5.74, 6) is 0.0559. The predicted molar refractivity (Wildman–Crippen MR) is 77.6 cm³/mol. The fraction of sp³-hybridized carbons (Fsp3) is 0.333. The second-order valence-electron chi connectivity index (χ2n) is 5.01. The van der Waals surface area contributed by atoms with Gasteiger partial charge in [-0.25, -0.2) is 14.4 Å². The number of hydrogen-bond donors (Lipinski definition) is 0. The van der Waals surface area contributed by atoms with Crippen LogP contribution in [0.4, 0.5) is 15.9 Å². The van der Waals surface area contributed by atoms with Crippen LogP contribution < -0.4 is 9.80 Å². The zero-order valence-corrected chi connectivity index (χ0v) is 11.5. The third-order valence-corrected chi connectivity index (χ3v) is 3.59. The Bertz CT molecular complexity index is 594. The van der Waals surface area contributed by atoms with Crippen LogP contribution in [-0.4, -0.2) is 36.1 Å². The van der Waals surface area contributed by atoms with Crippen LogP contribution in [0, 0.1) is 12.7 Å². The van der Waals surface area contributed by atoms with Crippen LogP contribution in [-0.2, 0) is 0 Å². The van der Waals surface area contributed by atoms with Gasteiger partial charge in [0, 0.05) is 31.9 Å². The minimum absolute atomic E-state index is 0.350. The predicted octanol–water partition coefficient (Wildman–Crippen LogP) is 2.25. The van der Waals surface area contributed by atoms with Crippen molar-refractivity contribution >= 4 is 11.5 Å². The van der Waals surface area contributed by atoms with Crippen LogP contribution in [0.2, 0.25) is 0 Å². The van der Waals surface area contributed by atoms with Crippen LogP contribution in [0.3, 0.4) is 0 Å². The maximum Gasteiger partial charge on any atom is 0.183 e. The molecule has 0 bridgehead atoms. The van der Waals surface area contributed by atoms with Crippen LogP contribution in [0.25, 0.3) is 0 Å². The Morgan fingerprint density at radius 1 is 1.10 bits per heavy atom. The first kappa shape index (κ1) is 12.8. The molecule has 1 aliphatic heterocycles. The Balaban J connectivity index is 1.70. The standard InChI is InChI=1S/C15H17FN4/c1-12-3-2-4-13(9-12)19-5-7-20(8-6-19)15-14(16)10-17-11-18-15/h2-4,9-11H,5-8H2,1H3. The van der Waals surface area contributed by atoms with Gasteiger partial charge >= 0.3 is 0 Å². The molecule has 0 amide bonds. The zero-order valence-electron chi connectivity index (χ0n) is 11.5. The summed E-state index contributed by atoms with van der Waals surface area (Å²) in [5.41, 5.74) is 2.49. The smallest absolute Gasteiger partial charge is 0.183 e. The van der Waals surface area contributed by atoms with E-state index in [1.165, 1.54) is 23.8 Å². The molecule has 5 heteroatoms. The summed E-state index contributed by atoms with van der Waals surface area (Å²) in [4.78, 5) is 12.0. The lowest BCUT2D eigenvalue weighted by Crippen LogP contribution is -2.47. The Hall–Kier alpha value is -2.17. The van der Waals surface area contributed by atoms with Crippen molar-refractivity contribution in [3.05, 3.63) is 48.2 Å². The van der Waals surface area contributed by atoms with Crippen molar-refractivity contribution in [2.24, 2.45) is 0 Å². The molecule has 0 saturated carbocycles. The summed E-state index contributed by atoms with van der Waals surface area (Å²) < 4.78 is 13.7. The third-order valence-electron chi connectivity index (χ3n) is 3.59. The Morgan fingerprint density at radius 3 is 2.55 bits per heavy atom. The third kappa shape index (κ3) is 2.57. The molecular formula is C15H17FN4. The Labute approximate surface area is 117 Å². The van der Waals surface area contributed by atoms with Crippen molar-refractivity contribution in [3.63, 3.8) is 0 Å². The normalized spacial score (nSPS) is 15.5. The van der Waals surface area contributed by atoms with Crippen molar-refractivity contribution in [3.8, 4) is 0 Å². The highest BCUT2D eigenvalue weighted by Gasteiger charge is 2.20. The molecule has 0 radical (unpaired) electrons. The molecule has 0 spiro atoms. The van der Waals surface area contributed by atoms with Crippen LogP contribution >= 0.6 is 0 Å². The summed E-state index contributed by atoms with van der Waals surface area (Å²) in [7, 11) is 0. The van der Waals surface area contributed by atoms with E-state index in [0.29, 0.717) is 5.82 Å². The molecule has 2 heterocycles. The molecule has 0 N–H and O–H groups in total. The Morgan fingerprint density at radius 2 is 1.85 bits per heavy atom. The summed E-state index contributed by atoms with van der Waals surface area (Å²) in [5, 5.41) is 0. The van der Waals surface area contributed by atoms with Gasteiger partial charge in [-0.15, -0.1) is 0 Å². The van der Waals surface area contributed by atoms with Crippen molar-refractivity contribution < 1.29 is 4.39 Å². The topological polar surface area (TPSA) is 32.3 Å². The molecule has 0 atom stereocenters. The van der Waals surface area contributed by atoms with E-state index in [1.807, 2.05) is 4.90 Å². The molecule has 1 saturated heterocycles. The van der Waals surface area contributed by atoms with Crippen LogP contribution in [0.5, 0.6) is 0 Å². The number of anilines is 2. The average Bonchev–Trinajstić information content (AvgIpc) is 2.48. The molecule has 104 valence electrons. The van der Waals surface area contributed by atoms with Gasteiger partial charge < -0.3 is 9.80 Å². The van der Waals surface area contributed by atoms with E-state index >= 15 is 0 Å². The van der Waals surface area contributed by atoms with Gasteiger partial charge in [-0.1, -0.05) is 12.1 Å². The molecular weight excluding hydrogens is 255 g/mol. The number of benzene rings is 1. The van der Waals surface area contributed by atoms with Gasteiger partial charge in [0.05, 0.1) is 6.20 Å². The first-order valence-corrected chi connectivity index (χ1v) is 6.76. The minimum Gasteiger partial charge on any atom is -0.368 e. The molecule has 1 aliphatic rings. The minimum atomic E-state index is -0.350. The van der Waals surface area contributed by atoms with Crippen LogP contribution in [0.1, 0.15) is 5.56 Å². The first-order valence-electron chi connectivity index (χ1n) is 6.76. The molecule has 3 rings (SSSR count). The molecule has 1 fully saturated rings. The first-order chi connectivity index (χ1) is 9.74. The molecule has 20 heavy (non-hydrogen) atoms. The summed E-state index contributed by atoms with van der Waals surface area (Å²) >= 11 is 0. The number of nitrogens with zero attached hydrogens (tertiary/aromatic N) is 4. The fourth-order valence-corrected chi connectivity index (χ4v) is 2.54. The van der Waals surface area contributed by atoms with Crippen molar-refractivity contribution in [2.45, 2.75) is 6.92 Å². The summed E-state index contributed by atoms with van der Waals surface area (Å²) in [6.07, 6.45) is 2.61. The average molecular weight is 272 g/mol. The number of aromatic nitrogens is 2. The summed E-state index contributed by atoms with van der Waals surface area (Å²) in [6.45, 7) is 5.36. The molecule has 0 unspecified atom stereocenters. The number of piperazine rings is 1. The van der Waals surface area contributed by atoms with E-state index in [-0.39, 0.29) is 5.82 Å². The lowest BCUT2D eigenvalue weighted by molar-refractivity contribution is 0.582. The second kappa shape index (κ2) is 5.45. The maximum absolute atomic E-state index is 13.7. The lowest BCUT2D eigenvalue weighted by atomic mass is 10.2. The molecule has 4 nitrogen and oxygen atoms in total. The van der Waals surface area contributed by atoms with E-state index in [1.54, 1.807) is 0 Å². The second-order valence-corrected chi connectivity index (χ2v) is 5.01. The van der Waals surface area contributed by atoms with Gasteiger partial charge in [-0.05, 0) is 24.6 Å².